The molecule has 3 heteroatoms. The third-order valence-electron chi connectivity index (χ3n) is 4.24. The topological polar surface area (TPSA) is 33.2 Å². The monoisotopic (exact) mass is 306 g/mol. The van der Waals surface area contributed by atoms with Crippen molar-refractivity contribution < 1.29 is 4.79 Å². The Kier molecular flexibility index (Phi) is 5.20. The lowest BCUT2D eigenvalue weighted by molar-refractivity contribution is 0.104. The van der Waals surface area contributed by atoms with Crippen molar-refractivity contribution in [3.05, 3.63) is 66.0 Å². The number of rotatable bonds is 4. The van der Waals surface area contributed by atoms with Crippen molar-refractivity contribution in [1.82, 2.24) is 4.98 Å². The number of carbonyl (C=O) groups is 1. The molecule has 1 saturated heterocycles. The number of nitrogens with zero attached hydrogens (tertiary/aromatic N) is 2. The summed E-state index contributed by atoms with van der Waals surface area (Å²) in [6.07, 6.45) is 12.0. The number of hydrogen-bond donors (Lipinski definition) is 0. The molecule has 0 radical (unpaired) electrons. The van der Waals surface area contributed by atoms with Crippen LogP contribution < -0.4 is 4.90 Å². The maximum absolute atomic E-state index is 12.0. The Morgan fingerprint density at radius 2 is 1.74 bits per heavy atom. The van der Waals surface area contributed by atoms with Gasteiger partial charge in [-0.3, -0.25) is 9.78 Å². The number of benzene rings is 1. The molecule has 3 nitrogen and oxygen atoms in total. The first kappa shape index (κ1) is 15.5. The molecule has 1 aromatic heterocycles. The Bertz CT molecular complexity index is 654. The van der Waals surface area contributed by atoms with Crippen molar-refractivity contribution >= 4 is 17.5 Å². The summed E-state index contributed by atoms with van der Waals surface area (Å²) >= 11 is 0. The zero-order valence-electron chi connectivity index (χ0n) is 13.3. The van der Waals surface area contributed by atoms with E-state index in [1.165, 1.54) is 31.4 Å². The van der Waals surface area contributed by atoms with E-state index in [9.17, 15) is 4.79 Å². The summed E-state index contributed by atoms with van der Waals surface area (Å²) < 4.78 is 0. The van der Waals surface area contributed by atoms with E-state index in [1.54, 1.807) is 30.6 Å². The molecule has 2 heterocycles. The first-order valence-corrected chi connectivity index (χ1v) is 8.30. The van der Waals surface area contributed by atoms with Crippen LogP contribution in [0.4, 0.5) is 5.69 Å². The van der Waals surface area contributed by atoms with E-state index in [1.807, 2.05) is 6.08 Å². The second-order valence-corrected chi connectivity index (χ2v) is 5.93. The van der Waals surface area contributed by atoms with Crippen molar-refractivity contribution in [2.24, 2.45) is 0 Å². The Labute approximate surface area is 137 Å². The fraction of sp³-hybridized carbons (Fsp3) is 0.300. The van der Waals surface area contributed by atoms with Crippen molar-refractivity contribution in [3.63, 3.8) is 0 Å². The van der Waals surface area contributed by atoms with E-state index in [4.69, 9.17) is 0 Å². The van der Waals surface area contributed by atoms with Crippen LogP contribution in [0.5, 0.6) is 0 Å². The van der Waals surface area contributed by atoms with Gasteiger partial charge in [-0.15, -0.1) is 0 Å². The van der Waals surface area contributed by atoms with Crippen molar-refractivity contribution in [3.8, 4) is 0 Å². The number of aromatic nitrogens is 1. The molecule has 1 aliphatic heterocycles. The van der Waals surface area contributed by atoms with Crippen LogP contribution in [0.1, 0.15) is 41.6 Å². The SMILES string of the molecule is O=C(/C=C/c1ccc(N2CCCCCC2)cc1)c1cccnc1. The van der Waals surface area contributed by atoms with Gasteiger partial charge in [0.1, 0.15) is 0 Å². The van der Waals surface area contributed by atoms with Crippen molar-refractivity contribution in [1.29, 1.82) is 0 Å². The Hall–Kier alpha value is -2.42. The summed E-state index contributed by atoms with van der Waals surface area (Å²) in [5, 5.41) is 0. The zero-order chi connectivity index (χ0) is 15.9. The Morgan fingerprint density at radius 3 is 2.39 bits per heavy atom. The lowest BCUT2D eigenvalue weighted by Crippen LogP contribution is -2.23. The highest BCUT2D eigenvalue weighted by Crippen LogP contribution is 2.20. The van der Waals surface area contributed by atoms with Gasteiger partial charge in [0, 0.05) is 36.7 Å². The summed E-state index contributed by atoms with van der Waals surface area (Å²) in [4.78, 5) is 18.5. The average Bonchev–Trinajstić information content (AvgIpc) is 2.90. The van der Waals surface area contributed by atoms with Crippen LogP contribution in [0.15, 0.2) is 54.9 Å². The quantitative estimate of drug-likeness (QED) is 0.621. The lowest BCUT2D eigenvalue weighted by Gasteiger charge is -2.22. The first-order chi connectivity index (χ1) is 11.3. The van der Waals surface area contributed by atoms with Crippen LogP contribution in [0, 0.1) is 0 Å². The molecule has 0 amide bonds. The number of anilines is 1. The molecular weight excluding hydrogens is 284 g/mol. The molecule has 0 aliphatic carbocycles. The molecule has 3 rings (SSSR count). The minimum atomic E-state index is -0.0188. The normalized spacial score (nSPS) is 15.6. The molecule has 0 spiro atoms. The van der Waals surface area contributed by atoms with E-state index in [0.29, 0.717) is 5.56 Å². The van der Waals surface area contributed by atoms with Gasteiger partial charge in [0.15, 0.2) is 5.78 Å². The molecule has 0 saturated carbocycles. The number of ketones is 1. The zero-order valence-corrected chi connectivity index (χ0v) is 13.3. The number of carbonyl (C=O) groups excluding carboxylic acids is 1. The highest BCUT2D eigenvalue weighted by atomic mass is 16.1. The highest BCUT2D eigenvalue weighted by Gasteiger charge is 2.09. The maximum Gasteiger partial charge on any atom is 0.187 e. The van der Waals surface area contributed by atoms with Gasteiger partial charge in [-0.2, -0.15) is 0 Å². The van der Waals surface area contributed by atoms with Crippen LogP contribution >= 0.6 is 0 Å². The lowest BCUT2D eigenvalue weighted by atomic mass is 10.1. The van der Waals surface area contributed by atoms with Gasteiger partial charge in [0.2, 0.25) is 0 Å². The molecule has 1 aliphatic rings. The number of allylic oxidation sites excluding steroid dienone is 1. The summed E-state index contributed by atoms with van der Waals surface area (Å²) in [6, 6.07) is 12.0. The molecule has 118 valence electrons. The van der Waals surface area contributed by atoms with E-state index in [0.717, 1.165) is 18.7 Å². The van der Waals surface area contributed by atoms with Crippen LogP contribution in [0.2, 0.25) is 0 Å². The van der Waals surface area contributed by atoms with E-state index < -0.39 is 0 Å². The molecule has 1 aromatic carbocycles. The highest BCUT2D eigenvalue weighted by molar-refractivity contribution is 6.06. The van der Waals surface area contributed by atoms with Crippen LogP contribution in [0.3, 0.4) is 0 Å². The number of pyridine rings is 1. The Morgan fingerprint density at radius 1 is 1.00 bits per heavy atom. The van der Waals surface area contributed by atoms with E-state index >= 15 is 0 Å². The molecule has 0 unspecified atom stereocenters. The van der Waals surface area contributed by atoms with Gasteiger partial charge >= 0.3 is 0 Å². The molecule has 0 bridgehead atoms. The fourth-order valence-corrected chi connectivity index (χ4v) is 2.90. The summed E-state index contributed by atoms with van der Waals surface area (Å²) in [5.41, 5.74) is 2.94. The second kappa shape index (κ2) is 7.73. The molecule has 1 fully saturated rings. The molecule has 0 N–H and O–H groups in total. The van der Waals surface area contributed by atoms with Gasteiger partial charge in [0.05, 0.1) is 0 Å². The van der Waals surface area contributed by atoms with Gasteiger partial charge in [-0.25, -0.2) is 0 Å². The third-order valence-corrected chi connectivity index (χ3v) is 4.24. The van der Waals surface area contributed by atoms with Crippen LogP contribution in [0.25, 0.3) is 6.08 Å². The largest absolute Gasteiger partial charge is 0.372 e. The second-order valence-electron chi connectivity index (χ2n) is 5.93. The minimum absolute atomic E-state index is 0.0188. The van der Waals surface area contributed by atoms with Gasteiger partial charge in [0.25, 0.3) is 0 Å². The van der Waals surface area contributed by atoms with E-state index in [-0.39, 0.29) is 5.78 Å². The van der Waals surface area contributed by atoms with Crippen molar-refractivity contribution in [2.45, 2.75) is 25.7 Å². The third kappa shape index (κ3) is 4.28. The molecular formula is C20H22N2O. The average molecular weight is 306 g/mol. The summed E-state index contributed by atoms with van der Waals surface area (Å²) in [5.74, 6) is -0.0188. The van der Waals surface area contributed by atoms with Crippen molar-refractivity contribution in [2.75, 3.05) is 18.0 Å². The molecule has 23 heavy (non-hydrogen) atoms. The number of hydrogen-bond acceptors (Lipinski definition) is 3. The molecule has 2 aromatic rings. The van der Waals surface area contributed by atoms with Crippen LogP contribution in [-0.4, -0.2) is 23.9 Å². The summed E-state index contributed by atoms with van der Waals surface area (Å²) in [6.45, 7) is 2.29. The maximum atomic E-state index is 12.0. The molecule has 0 atom stereocenters. The van der Waals surface area contributed by atoms with Gasteiger partial charge in [-0.1, -0.05) is 31.1 Å². The summed E-state index contributed by atoms with van der Waals surface area (Å²) in [7, 11) is 0. The van der Waals surface area contributed by atoms with Crippen LogP contribution in [-0.2, 0) is 0 Å². The smallest absolute Gasteiger partial charge is 0.187 e. The fourth-order valence-electron chi connectivity index (χ4n) is 2.90. The Balaban J connectivity index is 1.65. The van der Waals surface area contributed by atoms with E-state index in [2.05, 4.69) is 34.1 Å². The van der Waals surface area contributed by atoms with Gasteiger partial charge in [-0.05, 0) is 48.7 Å². The predicted molar refractivity (Wildman–Crippen MR) is 94.7 cm³/mol. The van der Waals surface area contributed by atoms with Gasteiger partial charge < -0.3 is 4.90 Å². The standard InChI is InChI=1S/C20H22N2O/c23-20(18-6-5-13-21-16-18)12-9-17-7-10-19(11-8-17)22-14-3-1-2-4-15-22/h5-13,16H,1-4,14-15H2/b12-9+. The first-order valence-electron chi connectivity index (χ1n) is 8.30. The predicted octanol–water partition coefficient (Wildman–Crippen LogP) is 4.36. The minimum Gasteiger partial charge on any atom is -0.372 e.